The van der Waals surface area contributed by atoms with Crippen LogP contribution >= 0.6 is 11.3 Å². The van der Waals surface area contributed by atoms with Crippen LogP contribution in [0.1, 0.15) is 10.6 Å². The number of nitro benzene ring substituents is 1. The van der Waals surface area contributed by atoms with Crippen LogP contribution in [0, 0.1) is 10.1 Å². The Morgan fingerprint density at radius 3 is 2.48 bits per heavy atom. The number of phenols is 1. The first-order chi connectivity index (χ1) is 14.9. The van der Waals surface area contributed by atoms with Crippen LogP contribution in [0.3, 0.4) is 0 Å². The minimum Gasteiger partial charge on any atom is -0.508 e. The topological polar surface area (TPSA) is 172 Å². The number of carbonyl (C=O) groups excluding carboxylic acids is 2. The predicted octanol–water partition coefficient (Wildman–Crippen LogP) is 2.49. The molecule has 31 heavy (non-hydrogen) atoms. The zero-order chi connectivity index (χ0) is 22.2. The van der Waals surface area contributed by atoms with Gasteiger partial charge in [0.1, 0.15) is 10.8 Å². The van der Waals surface area contributed by atoms with Crippen molar-refractivity contribution in [3.05, 3.63) is 69.2 Å². The number of nitrogens with zero attached hydrogens (tertiary/aromatic N) is 4. The van der Waals surface area contributed by atoms with Gasteiger partial charge in [0.2, 0.25) is 11.0 Å². The van der Waals surface area contributed by atoms with Gasteiger partial charge in [0.15, 0.2) is 0 Å². The fourth-order valence-electron chi connectivity index (χ4n) is 2.22. The largest absolute Gasteiger partial charge is 0.508 e. The van der Waals surface area contributed by atoms with Crippen molar-refractivity contribution in [2.45, 2.75) is 6.42 Å². The number of hydrogen-bond donors (Lipinski definition) is 4. The second kappa shape index (κ2) is 9.89. The van der Waals surface area contributed by atoms with Crippen molar-refractivity contribution in [1.82, 2.24) is 15.6 Å². The minimum atomic E-state index is -0.612. The Bertz CT molecular complexity index is 1110. The molecule has 0 aliphatic carbocycles. The molecule has 0 unspecified atom stereocenters. The van der Waals surface area contributed by atoms with Crippen LogP contribution in [0.4, 0.5) is 21.3 Å². The van der Waals surface area contributed by atoms with Crippen molar-refractivity contribution in [3.8, 4) is 5.75 Å². The highest BCUT2D eigenvalue weighted by Gasteiger charge is 2.12. The first-order valence-electron chi connectivity index (χ1n) is 8.65. The Hall–Kier alpha value is -4.39. The van der Waals surface area contributed by atoms with Crippen LogP contribution in [-0.4, -0.2) is 38.4 Å². The van der Waals surface area contributed by atoms with E-state index in [0.717, 1.165) is 11.3 Å². The van der Waals surface area contributed by atoms with Crippen LogP contribution in [0.15, 0.2) is 53.6 Å². The highest BCUT2D eigenvalue weighted by molar-refractivity contribution is 7.15. The lowest BCUT2D eigenvalue weighted by atomic mass is 10.2. The Morgan fingerprint density at radius 1 is 1.10 bits per heavy atom. The number of non-ortho nitro benzene ring substituents is 1. The average molecular weight is 441 g/mol. The molecule has 2 aromatic carbocycles. The molecule has 3 rings (SSSR count). The molecule has 0 aliphatic rings. The summed E-state index contributed by atoms with van der Waals surface area (Å²) in [7, 11) is 0. The summed E-state index contributed by atoms with van der Waals surface area (Å²) in [6.07, 6.45) is 1.34. The van der Waals surface area contributed by atoms with Crippen LogP contribution < -0.4 is 16.1 Å². The average Bonchev–Trinajstić information content (AvgIpc) is 3.16. The normalized spacial score (nSPS) is 10.6. The van der Waals surface area contributed by atoms with Crippen LogP contribution in [0.25, 0.3) is 0 Å². The second-order valence-electron chi connectivity index (χ2n) is 5.95. The van der Waals surface area contributed by atoms with Crippen molar-refractivity contribution in [2.24, 2.45) is 5.10 Å². The smallest absolute Gasteiger partial charge is 0.325 e. The molecule has 4 N–H and O–H groups in total. The molecule has 3 aromatic rings. The summed E-state index contributed by atoms with van der Waals surface area (Å²) >= 11 is 1.01. The molecular weight excluding hydrogens is 426 g/mol. The van der Waals surface area contributed by atoms with Gasteiger partial charge in [-0.1, -0.05) is 11.3 Å². The molecule has 0 radical (unpaired) electrons. The summed E-state index contributed by atoms with van der Waals surface area (Å²) in [4.78, 5) is 34.0. The molecule has 0 fully saturated rings. The Balaban J connectivity index is 1.46. The van der Waals surface area contributed by atoms with Crippen LogP contribution in [0.2, 0.25) is 0 Å². The van der Waals surface area contributed by atoms with E-state index in [2.05, 4.69) is 31.4 Å². The number of aromatic hydroxyl groups is 1. The molecule has 0 aliphatic heterocycles. The van der Waals surface area contributed by atoms with E-state index in [1.165, 1.54) is 42.6 Å². The van der Waals surface area contributed by atoms with E-state index in [4.69, 9.17) is 0 Å². The van der Waals surface area contributed by atoms with Gasteiger partial charge in [0.25, 0.3) is 5.69 Å². The molecule has 1 heterocycles. The molecule has 0 spiro atoms. The molecule has 0 atom stereocenters. The van der Waals surface area contributed by atoms with Gasteiger partial charge < -0.3 is 10.4 Å². The van der Waals surface area contributed by atoms with E-state index in [0.29, 0.717) is 16.3 Å². The molecule has 0 saturated carbocycles. The lowest BCUT2D eigenvalue weighted by Crippen LogP contribution is -2.19. The predicted molar refractivity (Wildman–Crippen MR) is 113 cm³/mol. The monoisotopic (exact) mass is 441 g/mol. The summed E-state index contributed by atoms with van der Waals surface area (Å²) in [5.74, 6) is -0.295. The Morgan fingerprint density at radius 2 is 1.81 bits per heavy atom. The number of phenolic OH excluding ortho intramolecular Hbond substituents is 1. The summed E-state index contributed by atoms with van der Waals surface area (Å²) in [5, 5.41) is 36.8. The summed E-state index contributed by atoms with van der Waals surface area (Å²) in [6.45, 7) is 0. The first-order valence-corrected chi connectivity index (χ1v) is 9.46. The van der Waals surface area contributed by atoms with Gasteiger partial charge in [0, 0.05) is 17.8 Å². The second-order valence-corrected chi connectivity index (χ2v) is 7.01. The van der Waals surface area contributed by atoms with E-state index in [9.17, 15) is 24.8 Å². The molecule has 0 saturated heterocycles. The third-order valence-electron chi connectivity index (χ3n) is 3.63. The zero-order valence-corrected chi connectivity index (χ0v) is 16.5. The fourth-order valence-corrected chi connectivity index (χ4v) is 2.95. The molecule has 1 aromatic heterocycles. The number of nitrogens with one attached hydrogen (secondary N) is 3. The van der Waals surface area contributed by atoms with Gasteiger partial charge in [-0.3, -0.25) is 20.2 Å². The first kappa shape index (κ1) is 21.3. The fraction of sp³-hybridized carbons (Fsp3) is 0.0556. The van der Waals surface area contributed by atoms with Gasteiger partial charge in [-0.15, -0.1) is 10.2 Å². The number of urea groups is 1. The maximum Gasteiger partial charge on any atom is 0.325 e. The Kier molecular flexibility index (Phi) is 6.80. The van der Waals surface area contributed by atoms with Crippen LogP contribution in [-0.2, 0) is 11.2 Å². The summed E-state index contributed by atoms with van der Waals surface area (Å²) in [6, 6.07) is 11.0. The van der Waals surface area contributed by atoms with Gasteiger partial charge in [-0.05, 0) is 42.0 Å². The van der Waals surface area contributed by atoms with Gasteiger partial charge in [0.05, 0.1) is 17.6 Å². The molecule has 12 nitrogen and oxygen atoms in total. The number of hydrogen-bond acceptors (Lipinski definition) is 9. The third-order valence-corrected chi connectivity index (χ3v) is 4.47. The highest BCUT2D eigenvalue weighted by atomic mass is 32.1. The standard InChI is InChI=1S/C18H15N7O5S/c26-14-7-1-11(2-8-14)10-19-22-15(27)9-16-23-24-18(31-16)21-17(28)20-12-3-5-13(6-4-12)25(29)30/h1-8,10,26H,9H2,(H,22,27)(H2,20,21,24,28)/b19-10-. The number of amides is 3. The number of aromatic nitrogens is 2. The minimum absolute atomic E-state index is 0.0871. The highest BCUT2D eigenvalue weighted by Crippen LogP contribution is 2.18. The number of rotatable bonds is 7. The van der Waals surface area contributed by atoms with Crippen molar-refractivity contribution in [3.63, 3.8) is 0 Å². The van der Waals surface area contributed by atoms with E-state index in [1.54, 1.807) is 12.1 Å². The number of carbonyl (C=O) groups is 2. The van der Waals surface area contributed by atoms with Crippen molar-refractivity contribution < 1.29 is 19.6 Å². The van der Waals surface area contributed by atoms with Crippen molar-refractivity contribution in [1.29, 1.82) is 0 Å². The number of hydrazone groups is 1. The lowest BCUT2D eigenvalue weighted by Gasteiger charge is -2.04. The zero-order valence-electron chi connectivity index (χ0n) is 15.7. The molecule has 13 heteroatoms. The summed E-state index contributed by atoms with van der Waals surface area (Å²) < 4.78 is 0. The quantitative estimate of drug-likeness (QED) is 0.248. The summed E-state index contributed by atoms with van der Waals surface area (Å²) in [5.41, 5.74) is 3.31. The van der Waals surface area contributed by atoms with E-state index in [-0.39, 0.29) is 23.0 Å². The van der Waals surface area contributed by atoms with Crippen molar-refractivity contribution >= 4 is 46.0 Å². The molecule has 3 amide bonds. The Labute approximate surface area is 178 Å². The van der Waals surface area contributed by atoms with E-state index in [1.807, 2.05) is 0 Å². The van der Waals surface area contributed by atoms with Gasteiger partial charge in [-0.2, -0.15) is 5.10 Å². The molecule has 158 valence electrons. The maximum absolute atomic E-state index is 12.0. The van der Waals surface area contributed by atoms with Crippen LogP contribution in [0.5, 0.6) is 5.75 Å². The van der Waals surface area contributed by atoms with Gasteiger partial charge in [-0.25, -0.2) is 10.2 Å². The lowest BCUT2D eigenvalue weighted by molar-refractivity contribution is -0.384. The number of nitro groups is 1. The number of anilines is 2. The van der Waals surface area contributed by atoms with Gasteiger partial charge >= 0.3 is 6.03 Å². The molecular formula is C18H15N7O5S. The third kappa shape index (κ3) is 6.57. The molecule has 0 bridgehead atoms. The van der Waals surface area contributed by atoms with E-state index < -0.39 is 16.9 Å². The van der Waals surface area contributed by atoms with E-state index >= 15 is 0 Å². The number of benzene rings is 2. The van der Waals surface area contributed by atoms with Crippen molar-refractivity contribution in [2.75, 3.05) is 10.6 Å². The SMILES string of the molecule is O=C(Cc1nnc(NC(=O)Nc2ccc([N+](=O)[O-])cc2)s1)N/N=C\c1ccc(O)cc1. The maximum atomic E-state index is 12.0.